The maximum Gasteiger partial charge on any atom is 0.198 e. The summed E-state index contributed by atoms with van der Waals surface area (Å²) in [6.45, 7) is 9.88. The Morgan fingerprint density at radius 1 is 1.33 bits per heavy atom. The fourth-order valence-corrected chi connectivity index (χ4v) is 3.78. The fourth-order valence-electron chi connectivity index (χ4n) is 3.00. The van der Waals surface area contributed by atoms with Gasteiger partial charge in [0.25, 0.3) is 0 Å². The zero-order chi connectivity index (χ0) is 14.8. The molecule has 2 aliphatic heterocycles. The smallest absolute Gasteiger partial charge is 0.198 e. The first-order valence-electron chi connectivity index (χ1n) is 7.63. The maximum absolute atomic E-state index is 5.96. The highest BCUT2D eigenvalue weighted by atomic mass is 32.1. The standard InChI is InChI=1S/C14H24N4O2S/c1-10(2)20-12-13(15)16-21-14(12)18-4-3-11(9-18)17-5-7-19-8-6-17/h10-11H,3-9H2,1-2H3,(H2,15,16). The van der Waals surface area contributed by atoms with Crippen molar-refractivity contribution >= 4 is 22.4 Å². The van der Waals surface area contributed by atoms with E-state index in [0.29, 0.717) is 11.9 Å². The van der Waals surface area contributed by atoms with Crippen LogP contribution in [0.5, 0.6) is 5.75 Å². The zero-order valence-corrected chi connectivity index (χ0v) is 13.6. The normalized spacial score (nSPS) is 24.0. The third-order valence-corrected chi connectivity index (χ3v) is 4.93. The second-order valence-corrected chi connectivity index (χ2v) is 6.66. The van der Waals surface area contributed by atoms with Crippen molar-refractivity contribution in [1.82, 2.24) is 9.27 Å². The molecule has 2 fully saturated rings. The Balaban J connectivity index is 1.68. The largest absolute Gasteiger partial charge is 0.484 e. The highest BCUT2D eigenvalue weighted by molar-refractivity contribution is 7.11. The average molecular weight is 312 g/mol. The molecule has 0 amide bonds. The Hall–Kier alpha value is -1.05. The van der Waals surface area contributed by atoms with Gasteiger partial charge in [-0.3, -0.25) is 4.90 Å². The van der Waals surface area contributed by atoms with Crippen molar-refractivity contribution in [3.8, 4) is 5.75 Å². The number of nitrogen functional groups attached to an aromatic ring is 1. The molecular weight excluding hydrogens is 288 g/mol. The average Bonchev–Trinajstić information content (AvgIpc) is 3.08. The van der Waals surface area contributed by atoms with Crippen LogP contribution in [0.15, 0.2) is 0 Å². The molecule has 6 nitrogen and oxygen atoms in total. The molecule has 0 aliphatic carbocycles. The topological polar surface area (TPSA) is 63.9 Å². The number of anilines is 2. The maximum atomic E-state index is 5.96. The van der Waals surface area contributed by atoms with E-state index in [2.05, 4.69) is 14.2 Å². The molecule has 0 radical (unpaired) electrons. The molecule has 0 bridgehead atoms. The molecule has 1 unspecified atom stereocenters. The molecule has 3 rings (SSSR count). The Labute approximate surface area is 130 Å². The molecule has 0 aromatic carbocycles. The number of hydrogen-bond donors (Lipinski definition) is 1. The van der Waals surface area contributed by atoms with Crippen LogP contribution < -0.4 is 15.4 Å². The Morgan fingerprint density at radius 2 is 2.10 bits per heavy atom. The molecular formula is C14H24N4O2S. The van der Waals surface area contributed by atoms with Gasteiger partial charge in [0.1, 0.15) is 0 Å². The van der Waals surface area contributed by atoms with Gasteiger partial charge in [0.05, 0.1) is 19.3 Å². The van der Waals surface area contributed by atoms with Crippen LogP contribution in [0, 0.1) is 0 Å². The fraction of sp³-hybridized carbons (Fsp3) is 0.786. The zero-order valence-electron chi connectivity index (χ0n) is 12.7. The lowest BCUT2D eigenvalue weighted by Gasteiger charge is -2.32. The van der Waals surface area contributed by atoms with E-state index in [1.807, 2.05) is 13.8 Å². The third-order valence-electron chi connectivity index (χ3n) is 4.02. The van der Waals surface area contributed by atoms with Gasteiger partial charge < -0.3 is 20.1 Å². The first-order chi connectivity index (χ1) is 10.1. The van der Waals surface area contributed by atoms with Gasteiger partial charge in [-0.2, -0.15) is 4.37 Å². The second-order valence-electron chi connectivity index (χ2n) is 5.91. The van der Waals surface area contributed by atoms with E-state index >= 15 is 0 Å². The van der Waals surface area contributed by atoms with Crippen LogP contribution >= 0.6 is 11.5 Å². The number of rotatable bonds is 4. The van der Waals surface area contributed by atoms with Crippen LogP contribution in [0.4, 0.5) is 10.8 Å². The molecule has 21 heavy (non-hydrogen) atoms. The van der Waals surface area contributed by atoms with Crippen molar-refractivity contribution in [1.29, 1.82) is 0 Å². The summed E-state index contributed by atoms with van der Waals surface area (Å²) in [6, 6.07) is 0.601. The number of nitrogens with zero attached hydrogens (tertiary/aromatic N) is 3. The summed E-state index contributed by atoms with van der Waals surface area (Å²) in [4.78, 5) is 4.91. The van der Waals surface area contributed by atoms with Crippen LogP contribution in [-0.2, 0) is 4.74 Å². The van der Waals surface area contributed by atoms with Crippen LogP contribution in [0.1, 0.15) is 20.3 Å². The third kappa shape index (κ3) is 3.25. The van der Waals surface area contributed by atoms with Gasteiger partial charge in [0, 0.05) is 32.2 Å². The summed E-state index contributed by atoms with van der Waals surface area (Å²) >= 11 is 1.45. The van der Waals surface area contributed by atoms with Gasteiger partial charge in [-0.1, -0.05) is 0 Å². The Kier molecular flexibility index (Phi) is 4.51. The van der Waals surface area contributed by atoms with Crippen molar-refractivity contribution in [2.75, 3.05) is 50.0 Å². The predicted octanol–water partition coefficient (Wildman–Crippen LogP) is 1.42. The molecule has 0 spiro atoms. The van der Waals surface area contributed by atoms with Crippen molar-refractivity contribution < 1.29 is 9.47 Å². The second kappa shape index (κ2) is 6.37. The van der Waals surface area contributed by atoms with Crippen molar-refractivity contribution in [2.24, 2.45) is 0 Å². The predicted molar refractivity (Wildman–Crippen MR) is 85.3 cm³/mol. The summed E-state index contributed by atoms with van der Waals surface area (Å²) < 4.78 is 15.6. The van der Waals surface area contributed by atoms with E-state index in [4.69, 9.17) is 15.2 Å². The van der Waals surface area contributed by atoms with E-state index in [1.54, 1.807) is 0 Å². The van der Waals surface area contributed by atoms with Crippen LogP contribution in [0.3, 0.4) is 0 Å². The van der Waals surface area contributed by atoms with Gasteiger partial charge in [-0.05, 0) is 31.8 Å². The monoisotopic (exact) mass is 312 g/mol. The molecule has 2 N–H and O–H groups in total. The van der Waals surface area contributed by atoms with Crippen LogP contribution in [0.25, 0.3) is 0 Å². The lowest BCUT2D eigenvalue weighted by atomic mass is 10.2. The number of morpholine rings is 1. The van der Waals surface area contributed by atoms with Crippen LogP contribution in [-0.4, -0.2) is 60.8 Å². The lowest BCUT2D eigenvalue weighted by molar-refractivity contribution is 0.0209. The van der Waals surface area contributed by atoms with E-state index in [1.165, 1.54) is 18.0 Å². The minimum Gasteiger partial charge on any atom is -0.484 e. The SMILES string of the molecule is CC(C)Oc1c(N)nsc1N1CCC(N2CCOCC2)C1. The van der Waals surface area contributed by atoms with Gasteiger partial charge in [0.2, 0.25) is 0 Å². The van der Waals surface area contributed by atoms with E-state index < -0.39 is 0 Å². The quantitative estimate of drug-likeness (QED) is 0.907. The molecule has 1 atom stereocenters. The minimum absolute atomic E-state index is 0.111. The highest BCUT2D eigenvalue weighted by Crippen LogP contribution is 2.40. The molecule has 2 aliphatic rings. The van der Waals surface area contributed by atoms with Gasteiger partial charge >= 0.3 is 0 Å². The molecule has 118 valence electrons. The molecule has 1 aromatic heterocycles. The first kappa shape index (κ1) is 14.9. The van der Waals surface area contributed by atoms with Crippen LogP contribution in [0.2, 0.25) is 0 Å². The van der Waals surface area contributed by atoms with E-state index in [9.17, 15) is 0 Å². The van der Waals surface area contributed by atoms with Gasteiger partial charge in [-0.25, -0.2) is 0 Å². The van der Waals surface area contributed by atoms with Gasteiger partial charge in [-0.15, -0.1) is 0 Å². The molecule has 1 aromatic rings. The van der Waals surface area contributed by atoms with Gasteiger partial charge in [0.15, 0.2) is 16.6 Å². The summed E-state index contributed by atoms with van der Waals surface area (Å²) in [7, 11) is 0. The Bertz CT molecular complexity index is 474. The summed E-state index contributed by atoms with van der Waals surface area (Å²) in [5, 5.41) is 1.08. The highest BCUT2D eigenvalue weighted by Gasteiger charge is 2.31. The summed E-state index contributed by atoms with van der Waals surface area (Å²) in [5.41, 5.74) is 5.96. The molecule has 7 heteroatoms. The summed E-state index contributed by atoms with van der Waals surface area (Å²) in [6.07, 6.45) is 1.29. The number of nitrogens with two attached hydrogens (primary N) is 1. The van der Waals surface area contributed by atoms with E-state index in [0.717, 1.165) is 50.1 Å². The number of ether oxygens (including phenoxy) is 2. The Morgan fingerprint density at radius 3 is 2.81 bits per heavy atom. The minimum atomic E-state index is 0.111. The van der Waals surface area contributed by atoms with E-state index in [-0.39, 0.29) is 6.10 Å². The van der Waals surface area contributed by atoms with Crippen molar-refractivity contribution in [2.45, 2.75) is 32.4 Å². The molecule has 0 saturated carbocycles. The van der Waals surface area contributed by atoms with Crippen molar-refractivity contribution in [3.63, 3.8) is 0 Å². The molecule has 2 saturated heterocycles. The molecule has 3 heterocycles. The lowest BCUT2D eigenvalue weighted by Crippen LogP contribution is -2.44. The van der Waals surface area contributed by atoms with Crippen molar-refractivity contribution in [3.05, 3.63) is 0 Å². The number of hydrogen-bond acceptors (Lipinski definition) is 7. The summed E-state index contributed by atoms with van der Waals surface area (Å²) in [5.74, 6) is 1.27. The first-order valence-corrected chi connectivity index (χ1v) is 8.41. The number of aromatic nitrogens is 1.